The van der Waals surface area contributed by atoms with Crippen LogP contribution in [0.5, 0.6) is 0 Å². The zero-order valence-corrected chi connectivity index (χ0v) is 17.6. The Kier molecular flexibility index (Phi) is 5.77. The van der Waals surface area contributed by atoms with E-state index in [9.17, 15) is 22.0 Å². The first kappa shape index (κ1) is 21.4. The van der Waals surface area contributed by atoms with Gasteiger partial charge in [-0.15, -0.1) is 0 Å². The quantitative estimate of drug-likeness (QED) is 0.689. The second kappa shape index (κ2) is 8.36. The van der Waals surface area contributed by atoms with E-state index in [-0.39, 0.29) is 22.9 Å². The maximum atomic E-state index is 12.9. The lowest BCUT2D eigenvalue weighted by Crippen LogP contribution is -2.47. The third-order valence-corrected chi connectivity index (χ3v) is 6.50. The number of hydrogen-bond acceptors (Lipinski definition) is 9. The molecule has 0 bridgehead atoms. The number of carbonyl (C=O) groups excluding carboxylic acids is 1. The maximum absolute atomic E-state index is 12.9. The molecule has 10 nitrogen and oxygen atoms in total. The number of hydrogen-bond donors (Lipinski definition) is 1. The number of alkyl halides is 2. The van der Waals surface area contributed by atoms with Crippen LogP contribution < -0.4 is 10.2 Å². The fourth-order valence-corrected chi connectivity index (χ4v) is 4.47. The summed E-state index contributed by atoms with van der Waals surface area (Å²) in [5, 5.41) is 6.71. The number of piperidine rings is 1. The van der Waals surface area contributed by atoms with Crippen LogP contribution in [0.2, 0.25) is 0 Å². The predicted molar refractivity (Wildman–Crippen MR) is 106 cm³/mol. The Labute approximate surface area is 177 Å². The number of nitrogens with zero attached hydrogens (tertiary/aromatic N) is 5. The van der Waals surface area contributed by atoms with Gasteiger partial charge >= 0.3 is 6.43 Å². The van der Waals surface area contributed by atoms with Gasteiger partial charge in [0.25, 0.3) is 11.8 Å². The third kappa shape index (κ3) is 4.60. The molecule has 0 aliphatic carbocycles. The van der Waals surface area contributed by atoms with Crippen molar-refractivity contribution in [3.63, 3.8) is 0 Å². The van der Waals surface area contributed by atoms with Gasteiger partial charge in [-0.2, -0.15) is 13.8 Å². The average Bonchev–Trinajstić information content (AvgIpc) is 3.36. The number of sulfone groups is 1. The highest BCUT2D eigenvalue weighted by Gasteiger charge is 2.37. The highest BCUT2D eigenvalue weighted by molar-refractivity contribution is 7.90. The summed E-state index contributed by atoms with van der Waals surface area (Å²) in [5.74, 6) is -0.573. The standard InChI is InChI=1S/C18H22F2N6O4S/c1-31(28,29)14-3-2-11(10-21-14)22-13-6-9-26(17(13)27)12-4-7-25(8-5-12)18-23-16(15(19)20)30-24-18/h2-3,10,12-13,15,22H,4-9H2,1H3/t13-/m0/s1. The van der Waals surface area contributed by atoms with Gasteiger partial charge in [-0.25, -0.2) is 13.4 Å². The number of anilines is 2. The second-order valence-electron chi connectivity index (χ2n) is 7.63. The van der Waals surface area contributed by atoms with Crippen molar-refractivity contribution in [2.45, 2.75) is 42.8 Å². The molecule has 2 aliphatic rings. The number of carbonyl (C=O) groups is 1. The van der Waals surface area contributed by atoms with E-state index in [0.29, 0.717) is 44.6 Å². The van der Waals surface area contributed by atoms with Crippen molar-refractivity contribution in [3.8, 4) is 0 Å². The van der Waals surface area contributed by atoms with Crippen LogP contribution in [0.1, 0.15) is 31.6 Å². The van der Waals surface area contributed by atoms with Crippen LogP contribution in [0.4, 0.5) is 20.4 Å². The first-order valence-corrected chi connectivity index (χ1v) is 11.7. The van der Waals surface area contributed by atoms with Crippen molar-refractivity contribution >= 4 is 27.4 Å². The molecule has 13 heteroatoms. The number of likely N-dealkylation sites (tertiary alicyclic amines) is 1. The summed E-state index contributed by atoms with van der Waals surface area (Å²) < 4.78 is 52.8. The van der Waals surface area contributed by atoms with E-state index >= 15 is 0 Å². The number of rotatable bonds is 6. The third-order valence-electron chi connectivity index (χ3n) is 5.50. The molecule has 0 radical (unpaired) electrons. The van der Waals surface area contributed by atoms with Gasteiger partial charge in [0.1, 0.15) is 6.04 Å². The van der Waals surface area contributed by atoms with Crippen molar-refractivity contribution in [3.05, 3.63) is 24.2 Å². The largest absolute Gasteiger partial charge is 0.372 e. The normalized spacial score (nSPS) is 20.6. The fraction of sp³-hybridized carbons (Fsp3) is 0.556. The maximum Gasteiger partial charge on any atom is 0.316 e. The van der Waals surface area contributed by atoms with Crippen molar-refractivity contribution in [2.24, 2.45) is 0 Å². The zero-order chi connectivity index (χ0) is 22.2. The lowest BCUT2D eigenvalue weighted by atomic mass is 10.0. The van der Waals surface area contributed by atoms with E-state index in [0.717, 1.165) is 6.26 Å². The van der Waals surface area contributed by atoms with Crippen LogP contribution in [0, 0.1) is 0 Å². The molecule has 0 saturated carbocycles. The lowest BCUT2D eigenvalue weighted by molar-refractivity contribution is -0.130. The van der Waals surface area contributed by atoms with E-state index in [2.05, 4.69) is 25.0 Å². The van der Waals surface area contributed by atoms with Gasteiger partial charge in [0.2, 0.25) is 5.91 Å². The summed E-state index contributed by atoms with van der Waals surface area (Å²) in [6.45, 7) is 1.67. The highest BCUT2D eigenvalue weighted by atomic mass is 32.2. The fourth-order valence-electron chi connectivity index (χ4n) is 3.91. The predicted octanol–water partition coefficient (Wildman–Crippen LogP) is 1.49. The van der Waals surface area contributed by atoms with E-state index in [1.165, 1.54) is 12.3 Å². The summed E-state index contributed by atoms with van der Waals surface area (Å²) in [5.41, 5.74) is 0.578. The summed E-state index contributed by atoms with van der Waals surface area (Å²) >= 11 is 0. The number of halogens is 2. The van der Waals surface area contributed by atoms with Gasteiger partial charge in [0, 0.05) is 31.9 Å². The minimum absolute atomic E-state index is 0.0218. The Morgan fingerprint density at radius 2 is 1.94 bits per heavy atom. The van der Waals surface area contributed by atoms with Crippen LogP contribution in [0.15, 0.2) is 27.9 Å². The molecule has 0 aromatic carbocycles. The van der Waals surface area contributed by atoms with E-state index < -0.39 is 28.2 Å². The van der Waals surface area contributed by atoms with Gasteiger partial charge in [-0.3, -0.25) is 4.79 Å². The van der Waals surface area contributed by atoms with Gasteiger partial charge in [-0.1, -0.05) is 0 Å². The molecule has 4 heterocycles. The first-order chi connectivity index (χ1) is 14.7. The number of pyridine rings is 1. The molecular weight excluding hydrogens is 434 g/mol. The minimum Gasteiger partial charge on any atom is -0.372 e. The van der Waals surface area contributed by atoms with Crippen LogP contribution in [-0.4, -0.2) is 72.3 Å². The highest BCUT2D eigenvalue weighted by Crippen LogP contribution is 2.27. The second-order valence-corrected chi connectivity index (χ2v) is 9.59. The van der Waals surface area contributed by atoms with Gasteiger partial charge in [0.05, 0.1) is 11.9 Å². The SMILES string of the molecule is CS(=O)(=O)c1ccc(N[C@H]2CCN(C3CCN(c4noc(C(F)F)n4)CC3)C2=O)cn1. The molecular formula is C18H22F2N6O4S. The van der Waals surface area contributed by atoms with Crippen LogP contribution in [0.25, 0.3) is 0 Å². The molecule has 31 heavy (non-hydrogen) atoms. The van der Waals surface area contributed by atoms with Crippen molar-refractivity contribution < 1.29 is 26.5 Å². The Morgan fingerprint density at radius 1 is 1.19 bits per heavy atom. The summed E-state index contributed by atoms with van der Waals surface area (Å²) in [7, 11) is -3.38. The van der Waals surface area contributed by atoms with Crippen LogP contribution in [-0.2, 0) is 14.6 Å². The van der Waals surface area contributed by atoms with Crippen LogP contribution in [0.3, 0.4) is 0 Å². The van der Waals surface area contributed by atoms with E-state index in [1.807, 2.05) is 4.90 Å². The molecule has 0 unspecified atom stereocenters. The molecule has 1 amide bonds. The van der Waals surface area contributed by atoms with Gasteiger partial charge < -0.3 is 19.6 Å². The van der Waals surface area contributed by atoms with Crippen molar-refractivity contribution in [2.75, 3.05) is 36.1 Å². The lowest BCUT2D eigenvalue weighted by Gasteiger charge is -2.36. The van der Waals surface area contributed by atoms with Crippen molar-refractivity contribution in [1.82, 2.24) is 20.0 Å². The number of nitrogens with one attached hydrogen (secondary N) is 1. The monoisotopic (exact) mass is 456 g/mol. The Hall–Kier alpha value is -2.83. The molecule has 2 saturated heterocycles. The van der Waals surface area contributed by atoms with E-state index in [4.69, 9.17) is 0 Å². The average molecular weight is 456 g/mol. The van der Waals surface area contributed by atoms with Gasteiger partial charge in [-0.05, 0) is 36.6 Å². The van der Waals surface area contributed by atoms with Crippen molar-refractivity contribution in [1.29, 1.82) is 0 Å². The Balaban J connectivity index is 1.32. The molecule has 1 atom stereocenters. The summed E-state index contributed by atoms with van der Waals surface area (Å²) in [6.07, 6.45) is 1.65. The topological polar surface area (TPSA) is 122 Å². The first-order valence-electron chi connectivity index (χ1n) is 9.82. The molecule has 4 rings (SSSR count). The molecule has 2 aromatic heterocycles. The molecule has 2 fully saturated rings. The Morgan fingerprint density at radius 3 is 2.52 bits per heavy atom. The summed E-state index contributed by atoms with van der Waals surface area (Å²) in [4.78, 5) is 24.1. The van der Waals surface area contributed by atoms with Crippen LogP contribution >= 0.6 is 0 Å². The molecule has 168 valence electrons. The summed E-state index contributed by atoms with van der Waals surface area (Å²) in [6, 6.07) is 2.63. The molecule has 1 N–H and O–H groups in total. The number of aromatic nitrogens is 3. The number of amides is 1. The van der Waals surface area contributed by atoms with E-state index in [1.54, 1.807) is 11.0 Å². The minimum atomic E-state index is -3.38. The molecule has 2 aromatic rings. The zero-order valence-electron chi connectivity index (χ0n) is 16.7. The smallest absolute Gasteiger partial charge is 0.316 e. The molecule has 2 aliphatic heterocycles. The Bertz CT molecular complexity index is 1040. The van der Waals surface area contributed by atoms with Gasteiger partial charge in [0.15, 0.2) is 14.9 Å². The molecule has 0 spiro atoms.